The first-order valence-electron chi connectivity index (χ1n) is 9.81. The fourth-order valence-electron chi connectivity index (χ4n) is 2.63. The number of methoxy groups -OCH3 is 2. The van der Waals surface area contributed by atoms with Gasteiger partial charge in [0.2, 0.25) is 11.0 Å². The Morgan fingerprint density at radius 3 is 2.79 bits per heavy atom. The number of nitrogens with one attached hydrogen (secondary N) is 1. The van der Waals surface area contributed by atoms with E-state index < -0.39 is 5.97 Å². The fraction of sp³-hybridized carbons (Fsp3) is 0.227. The monoisotopic (exact) mass is 470 g/mol. The summed E-state index contributed by atoms with van der Waals surface area (Å²) in [5, 5.41) is 6.49. The summed E-state index contributed by atoms with van der Waals surface area (Å²) in [5.41, 5.74) is 4.51. The zero-order valence-electron chi connectivity index (χ0n) is 18.2. The Morgan fingerprint density at radius 1 is 1.18 bits per heavy atom. The number of anilines is 1. The number of carbonyl (C=O) groups excluding carboxylic acids is 2. The standard InChI is InChI=1S/C22H22N4O6S/c1-4-31-20(27)11-16-13-33-22(25-16)26-24-12-14-5-6-17(18(9-14)29-2)32-19-10-15(7-8-23-19)21(28)30-3/h5-10,12-13H,4,11H2,1-3H3,(H,25,26). The lowest BCUT2D eigenvalue weighted by Crippen LogP contribution is -2.07. The molecule has 10 nitrogen and oxygen atoms in total. The Labute approximate surface area is 194 Å². The molecule has 3 aromatic rings. The quantitative estimate of drug-likeness (QED) is 0.269. The zero-order chi connectivity index (χ0) is 23.6. The highest BCUT2D eigenvalue weighted by molar-refractivity contribution is 7.13. The average Bonchev–Trinajstić information content (AvgIpc) is 3.26. The normalized spacial score (nSPS) is 10.6. The van der Waals surface area contributed by atoms with Gasteiger partial charge in [0.15, 0.2) is 11.5 Å². The average molecular weight is 471 g/mol. The summed E-state index contributed by atoms with van der Waals surface area (Å²) in [6.07, 6.45) is 3.16. The van der Waals surface area contributed by atoms with Crippen LogP contribution in [-0.4, -0.2) is 48.9 Å². The van der Waals surface area contributed by atoms with Crippen molar-refractivity contribution in [1.82, 2.24) is 9.97 Å². The molecule has 0 aliphatic rings. The van der Waals surface area contributed by atoms with Gasteiger partial charge < -0.3 is 18.9 Å². The molecule has 2 heterocycles. The van der Waals surface area contributed by atoms with E-state index in [4.69, 9.17) is 18.9 Å². The number of thiazole rings is 1. The number of hydrazone groups is 1. The summed E-state index contributed by atoms with van der Waals surface area (Å²) in [5.74, 6) is 0.290. The molecular weight excluding hydrogens is 448 g/mol. The van der Waals surface area contributed by atoms with Crippen LogP contribution in [0.5, 0.6) is 17.4 Å². The molecule has 0 radical (unpaired) electrons. The molecule has 0 fully saturated rings. The molecule has 11 heteroatoms. The number of benzene rings is 1. The van der Waals surface area contributed by atoms with Gasteiger partial charge in [0.05, 0.1) is 44.7 Å². The van der Waals surface area contributed by atoms with E-state index >= 15 is 0 Å². The van der Waals surface area contributed by atoms with Crippen LogP contribution in [0.25, 0.3) is 0 Å². The van der Waals surface area contributed by atoms with Crippen LogP contribution in [0.3, 0.4) is 0 Å². The van der Waals surface area contributed by atoms with E-state index in [1.165, 1.54) is 43.9 Å². The predicted molar refractivity (Wildman–Crippen MR) is 122 cm³/mol. The number of aromatic nitrogens is 2. The number of hydrogen-bond donors (Lipinski definition) is 1. The molecule has 0 unspecified atom stereocenters. The molecule has 0 saturated heterocycles. The summed E-state index contributed by atoms with van der Waals surface area (Å²) in [4.78, 5) is 31.6. The molecule has 0 atom stereocenters. The van der Waals surface area contributed by atoms with Crippen molar-refractivity contribution in [3.8, 4) is 17.4 Å². The SMILES string of the molecule is CCOC(=O)Cc1csc(NN=Cc2ccc(Oc3cc(C(=O)OC)ccn3)c(OC)c2)n1. The van der Waals surface area contributed by atoms with Gasteiger partial charge in [-0.05, 0) is 36.8 Å². The van der Waals surface area contributed by atoms with Crippen LogP contribution in [-0.2, 0) is 20.7 Å². The van der Waals surface area contributed by atoms with Gasteiger partial charge in [-0.2, -0.15) is 5.10 Å². The molecule has 1 N–H and O–H groups in total. The second-order valence-electron chi connectivity index (χ2n) is 6.38. The van der Waals surface area contributed by atoms with Gasteiger partial charge in [-0.15, -0.1) is 11.3 Å². The Hall–Kier alpha value is -3.99. The minimum absolute atomic E-state index is 0.117. The smallest absolute Gasteiger partial charge is 0.338 e. The van der Waals surface area contributed by atoms with Crippen LogP contribution in [0.1, 0.15) is 28.5 Å². The summed E-state index contributed by atoms with van der Waals surface area (Å²) in [7, 11) is 2.82. The number of nitrogens with zero attached hydrogens (tertiary/aromatic N) is 3. The van der Waals surface area contributed by atoms with Crippen molar-refractivity contribution in [2.45, 2.75) is 13.3 Å². The molecule has 0 spiro atoms. The molecule has 2 aromatic heterocycles. The number of rotatable bonds is 10. The van der Waals surface area contributed by atoms with Crippen LogP contribution >= 0.6 is 11.3 Å². The molecule has 1 aromatic carbocycles. The molecule has 0 saturated carbocycles. The van der Waals surface area contributed by atoms with Gasteiger partial charge in [0.25, 0.3) is 0 Å². The number of esters is 2. The first-order valence-corrected chi connectivity index (χ1v) is 10.7. The van der Waals surface area contributed by atoms with Gasteiger partial charge in [-0.3, -0.25) is 10.2 Å². The van der Waals surface area contributed by atoms with E-state index in [0.717, 1.165) is 5.56 Å². The Balaban J connectivity index is 1.64. The summed E-state index contributed by atoms with van der Waals surface area (Å²) >= 11 is 1.33. The van der Waals surface area contributed by atoms with Gasteiger partial charge in [0, 0.05) is 17.6 Å². The topological polar surface area (TPSA) is 121 Å². The van der Waals surface area contributed by atoms with Crippen LogP contribution in [0.2, 0.25) is 0 Å². The second kappa shape index (κ2) is 11.6. The van der Waals surface area contributed by atoms with Crippen LogP contribution in [0.4, 0.5) is 5.13 Å². The molecule has 0 aliphatic carbocycles. The minimum Gasteiger partial charge on any atom is -0.493 e. The van der Waals surface area contributed by atoms with Crippen molar-refractivity contribution in [1.29, 1.82) is 0 Å². The van der Waals surface area contributed by atoms with E-state index in [1.54, 1.807) is 36.7 Å². The Kier molecular flexibility index (Phi) is 8.30. The third kappa shape index (κ3) is 6.74. The summed E-state index contributed by atoms with van der Waals surface area (Å²) in [6.45, 7) is 2.09. The highest BCUT2D eigenvalue weighted by Gasteiger charge is 2.11. The van der Waals surface area contributed by atoms with Crippen molar-refractivity contribution in [2.24, 2.45) is 5.10 Å². The lowest BCUT2D eigenvalue weighted by Gasteiger charge is -2.10. The molecular formula is C22H22N4O6S. The Bertz CT molecular complexity index is 1150. The minimum atomic E-state index is -0.485. The zero-order valence-corrected chi connectivity index (χ0v) is 19.0. The summed E-state index contributed by atoms with van der Waals surface area (Å²) < 4.78 is 20.8. The molecule has 172 valence electrons. The van der Waals surface area contributed by atoms with E-state index in [2.05, 4.69) is 20.5 Å². The number of ether oxygens (including phenoxy) is 4. The van der Waals surface area contributed by atoms with E-state index in [1.807, 2.05) is 0 Å². The van der Waals surface area contributed by atoms with Gasteiger partial charge >= 0.3 is 11.9 Å². The number of carbonyl (C=O) groups is 2. The van der Waals surface area contributed by atoms with Crippen LogP contribution in [0, 0.1) is 0 Å². The van der Waals surface area contributed by atoms with Crippen LogP contribution < -0.4 is 14.9 Å². The van der Waals surface area contributed by atoms with Crippen molar-refractivity contribution >= 4 is 34.6 Å². The molecule has 0 amide bonds. The van der Waals surface area contributed by atoms with Crippen molar-refractivity contribution < 1.29 is 28.5 Å². The maximum Gasteiger partial charge on any atom is 0.338 e. The predicted octanol–water partition coefficient (Wildman–Crippen LogP) is 3.68. The van der Waals surface area contributed by atoms with Crippen molar-refractivity contribution in [3.63, 3.8) is 0 Å². The maximum absolute atomic E-state index is 11.7. The molecule has 3 rings (SSSR count). The molecule has 0 aliphatic heterocycles. The van der Waals surface area contributed by atoms with Crippen LogP contribution in [0.15, 0.2) is 47.0 Å². The summed E-state index contributed by atoms with van der Waals surface area (Å²) in [6, 6.07) is 8.23. The Morgan fingerprint density at radius 2 is 2.03 bits per heavy atom. The highest BCUT2D eigenvalue weighted by Crippen LogP contribution is 2.31. The van der Waals surface area contributed by atoms with E-state index in [0.29, 0.717) is 34.5 Å². The maximum atomic E-state index is 11.7. The van der Waals surface area contributed by atoms with E-state index in [-0.39, 0.29) is 18.3 Å². The van der Waals surface area contributed by atoms with E-state index in [9.17, 15) is 9.59 Å². The third-order valence-electron chi connectivity index (χ3n) is 4.11. The highest BCUT2D eigenvalue weighted by atomic mass is 32.1. The first-order chi connectivity index (χ1) is 16.0. The number of hydrogen-bond acceptors (Lipinski definition) is 11. The largest absolute Gasteiger partial charge is 0.493 e. The van der Waals surface area contributed by atoms with Gasteiger partial charge in [-0.25, -0.2) is 14.8 Å². The lowest BCUT2D eigenvalue weighted by molar-refractivity contribution is -0.142. The second-order valence-corrected chi connectivity index (χ2v) is 7.24. The lowest BCUT2D eigenvalue weighted by atomic mass is 10.2. The van der Waals surface area contributed by atoms with Crippen molar-refractivity contribution in [3.05, 3.63) is 58.7 Å². The number of pyridine rings is 1. The fourth-order valence-corrected chi connectivity index (χ4v) is 3.29. The van der Waals surface area contributed by atoms with Gasteiger partial charge in [0.1, 0.15) is 0 Å². The third-order valence-corrected chi connectivity index (χ3v) is 4.91. The molecule has 0 bridgehead atoms. The van der Waals surface area contributed by atoms with Gasteiger partial charge in [-0.1, -0.05) is 0 Å². The first kappa shape index (κ1) is 23.7. The molecule has 33 heavy (non-hydrogen) atoms. The van der Waals surface area contributed by atoms with Crippen molar-refractivity contribution in [2.75, 3.05) is 26.3 Å².